The fraction of sp³-hybridized carbons (Fsp3) is 0.364. The third-order valence-electron chi connectivity index (χ3n) is 2.94. The van der Waals surface area contributed by atoms with Crippen LogP contribution in [0.4, 0.5) is 0 Å². The number of pyridine rings is 1. The average Bonchev–Trinajstić information content (AvgIpc) is 2.88. The standard InChI is InChI=1S/C11H13N3/c1-2-11-13-5-6-14(11)8-10(1)9-3-4-12-7-9/h1-2,5-6,8-9,12H,3-4,7H2. The molecule has 3 heteroatoms. The lowest BCUT2D eigenvalue weighted by Gasteiger charge is -2.08. The zero-order valence-electron chi connectivity index (χ0n) is 7.98. The Balaban J connectivity index is 2.04. The van der Waals surface area contributed by atoms with Crippen molar-refractivity contribution in [2.75, 3.05) is 13.1 Å². The maximum atomic E-state index is 4.23. The number of rotatable bonds is 1. The molecule has 1 N–H and O–H groups in total. The highest BCUT2D eigenvalue weighted by molar-refractivity contribution is 5.40. The van der Waals surface area contributed by atoms with Gasteiger partial charge >= 0.3 is 0 Å². The molecule has 0 aliphatic carbocycles. The molecule has 0 bridgehead atoms. The number of hydrogen-bond acceptors (Lipinski definition) is 2. The highest BCUT2D eigenvalue weighted by atomic mass is 15.0. The van der Waals surface area contributed by atoms with Gasteiger partial charge in [-0.2, -0.15) is 0 Å². The molecule has 2 aromatic rings. The molecule has 3 rings (SSSR count). The van der Waals surface area contributed by atoms with Gasteiger partial charge in [0.25, 0.3) is 0 Å². The van der Waals surface area contributed by atoms with Crippen LogP contribution in [0.1, 0.15) is 17.9 Å². The Hall–Kier alpha value is -1.35. The second kappa shape index (κ2) is 3.10. The summed E-state index contributed by atoms with van der Waals surface area (Å²) in [4.78, 5) is 4.23. The maximum absolute atomic E-state index is 4.23. The molecule has 14 heavy (non-hydrogen) atoms. The molecule has 0 saturated carbocycles. The van der Waals surface area contributed by atoms with Crippen molar-refractivity contribution in [3.8, 4) is 0 Å². The highest BCUT2D eigenvalue weighted by Gasteiger charge is 2.16. The molecule has 72 valence electrons. The van der Waals surface area contributed by atoms with Crippen LogP contribution in [0.15, 0.2) is 30.7 Å². The topological polar surface area (TPSA) is 29.3 Å². The van der Waals surface area contributed by atoms with Crippen LogP contribution in [0.5, 0.6) is 0 Å². The van der Waals surface area contributed by atoms with E-state index in [1.807, 2.05) is 12.4 Å². The third kappa shape index (κ3) is 1.21. The fourth-order valence-electron chi connectivity index (χ4n) is 2.12. The van der Waals surface area contributed by atoms with Gasteiger partial charge in [0.1, 0.15) is 5.65 Å². The van der Waals surface area contributed by atoms with E-state index in [-0.39, 0.29) is 0 Å². The lowest BCUT2D eigenvalue weighted by Crippen LogP contribution is -2.08. The molecule has 3 nitrogen and oxygen atoms in total. The van der Waals surface area contributed by atoms with Gasteiger partial charge in [-0.25, -0.2) is 4.98 Å². The zero-order chi connectivity index (χ0) is 9.38. The van der Waals surface area contributed by atoms with E-state index in [0.717, 1.165) is 18.7 Å². The Morgan fingerprint density at radius 2 is 2.43 bits per heavy atom. The number of nitrogens with zero attached hydrogens (tertiary/aromatic N) is 2. The normalized spacial score (nSPS) is 21.9. The molecule has 1 fully saturated rings. The summed E-state index contributed by atoms with van der Waals surface area (Å²) in [5.41, 5.74) is 2.44. The van der Waals surface area contributed by atoms with E-state index < -0.39 is 0 Å². The average molecular weight is 187 g/mol. The van der Waals surface area contributed by atoms with Crippen molar-refractivity contribution < 1.29 is 0 Å². The van der Waals surface area contributed by atoms with Gasteiger partial charge in [0.15, 0.2) is 0 Å². The SMILES string of the molecule is c1cn2cc(C3CCNC3)ccc2n1. The lowest BCUT2D eigenvalue weighted by atomic mass is 10.0. The summed E-state index contributed by atoms with van der Waals surface area (Å²) in [6.45, 7) is 2.26. The molecule has 1 unspecified atom stereocenters. The Labute approximate surface area is 82.8 Å². The van der Waals surface area contributed by atoms with Gasteiger partial charge < -0.3 is 9.72 Å². The lowest BCUT2D eigenvalue weighted by molar-refractivity contribution is 0.757. The largest absolute Gasteiger partial charge is 0.316 e. The highest BCUT2D eigenvalue weighted by Crippen LogP contribution is 2.22. The van der Waals surface area contributed by atoms with Crippen molar-refractivity contribution in [2.45, 2.75) is 12.3 Å². The minimum atomic E-state index is 0.682. The Kier molecular flexibility index (Phi) is 1.77. The smallest absolute Gasteiger partial charge is 0.136 e. The maximum Gasteiger partial charge on any atom is 0.136 e. The molecule has 2 aromatic heterocycles. The van der Waals surface area contributed by atoms with E-state index in [2.05, 4.69) is 33.0 Å². The molecule has 1 aliphatic heterocycles. The summed E-state index contributed by atoms with van der Waals surface area (Å²) in [7, 11) is 0. The number of nitrogens with one attached hydrogen (secondary N) is 1. The number of aromatic nitrogens is 2. The molecule has 3 heterocycles. The van der Waals surface area contributed by atoms with Crippen LogP contribution in [-0.2, 0) is 0 Å². The van der Waals surface area contributed by atoms with Crippen LogP contribution in [-0.4, -0.2) is 22.5 Å². The first-order chi connectivity index (χ1) is 6.93. The van der Waals surface area contributed by atoms with Gasteiger partial charge in [-0.3, -0.25) is 0 Å². The Morgan fingerprint density at radius 1 is 1.43 bits per heavy atom. The molecule has 1 saturated heterocycles. The Bertz CT molecular complexity index is 440. The quantitative estimate of drug-likeness (QED) is 0.731. The van der Waals surface area contributed by atoms with Gasteiger partial charge in [0, 0.05) is 25.1 Å². The molecule has 0 radical (unpaired) electrons. The van der Waals surface area contributed by atoms with E-state index in [1.54, 1.807) is 0 Å². The van der Waals surface area contributed by atoms with E-state index in [0.29, 0.717) is 5.92 Å². The van der Waals surface area contributed by atoms with Crippen LogP contribution < -0.4 is 5.32 Å². The summed E-state index contributed by atoms with van der Waals surface area (Å²) < 4.78 is 2.09. The summed E-state index contributed by atoms with van der Waals surface area (Å²) in [6, 6.07) is 4.29. The molecule has 1 atom stereocenters. The Morgan fingerprint density at radius 3 is 3.29 bits per heavy atom. The second-order valence-corrected chi connectivity index (χ2v) is 3.84. The summed E-state index contributed by atoms with van der Waals surface area (Å²) in [5, 5.41) is 3.39. The van der Waals surface area contributed by atoms with Crippen LogP contribution in [0.25, 0.3) is 5.65 Å². The predicted octanol–water partition coefficient (Wildman–Crippen LogP) is 1.41. The van der Waals surface area contributed by atoms with Crippen molar-refractivity contribution in [1.82, 2.24) is 14.7 Å². The van der Waals surface area contributed by atoms with E-state index in [9.17, 15) is 0 Å². The fourth-order valence-corrected chi connectivity index (χ4v) is 2.12. The van der Waals surface area contributed by atoms with Gasteiger partial charge in [-0.1, -0.05) is 6.07 Å². The molecular formula is C11H13N3. The van der Waals surface area contributed by atoms with Gasteiger partial charge in [-0.15, -0.1) is 0 Å². The molecular weight excluding hydrogens is 174 g/mol. The van der Waals surface area contributed by atoms with Crippen LogP contribution in [0.3, 0.4) is 0 Å². The third-order valence-corrected chi connectivity index (χ3v) is 2.94. The van der Waals surface area contributed by atoms with Gasteiger partial charge in [-0.05, 0) is 30.5 Å². The van der Waals surface area contributed by atoms with E-state index >= 15 is 0 Å². The van der Waals surface area contributed by atoms with E-state index in [4.69, 9.17) is 0 Å². The number of fused-ring (bicyclic) bond motifs is 1. The molecule has 1 aliphatic rings. The monoisotopic (exact) mass is 187 g/mol. The minimum Gasteiger partial charge on any atom is -0.316 e. The van der Waals surface area contributed by atoms with Crippen LogP contribution >= 0.6 is 0 Å². The van der Waals surface area contributed by atoms with Gasteiger partial charge in [0.05, 0.1) is 0 Å². The molecule has 0 amide bonds. The summed E-state index contributed by atoms with van der Waals surface area (Å²) >= 11 is 0. The van der Waals surface area contributed by atoms with Crippen molar-refractivity contribution in [2.24, 2.45) is 0 Å². The summed E-state index contributed by atoms with van der Waals surface area (Å²) in [5.74, 6) is 0.682. The first-order valence-corrected chi connectivity index (χ1v) is 5.07. The molecule has 0 spiro atoms. The van der Waals surface area contributed by atoms with Crippen molar-refractivity contribution in [1.29, 1.82) is 0 Å². The van der Waals surface area contributed by atoms with Crippen molar-refractivity contribution in [3.63, 3.8) is 0 Å². The second-order valence-electron chi connectivity index (χ2n) is 3.84. The number of imidazole rings is 1. The van der Waals surface area contributed by atoms with Crippen LogP contribution in [0.2, 0.25) is 0 Å². The van der Waals surface area contributed by atoms with Crippen molar-refractivity contribution >= 4 is 5.65 Å². The minimum absolute atomic E-state index is 0.682. The van der Waals surface area contributed by atoms with Crippen molar-refractivity contribution in [3.05, 3.63) is 36.3 Å². The van der Waals surface area contributed by atoms with Gasteiger partial charge in [0.2, 0.25) is 0 Å². The first-order valence-electron chi connectivity index (χ1n) is 5.07. The predicted molar refractivity (Wildman–Crippen MR) is 55.4 cm³/mol. The zero-order valence-corrected chi connectivity index (χ0v) is 7.98. The first kappa shape index (κ1) is 8.00. The van der Waals surface area contributed by atoms with E-state index in [1.165, 1.54) is 12.0 Å². The van der Waals surface area contributed by atoms with Crippen LogP contribution in [0, 0.1) is 0 Å². The molecule has 0 aromatic carbocycles. The summed E-state index contributed by atoms with van der Waals surface area (Å²) in [6.07, 6.45) is 7.29. The number of hydrogen-bond donors (Lipinski definition) is 1.